The number of benzene rings is 1. The summed E-state index contributed by atoms with van der Waals surface area (Å²) in [7, 11) is 3.12. The van der Waals surface area contributed by atoms with Gasteiger partial charge in [0.05, 0.1) is 12.9 Å². The Morgan fingerprint density at radius 1 is 1.36 bits per heavy atom. The molecule has 0 saturated heterocycles. The molecule has 9 heteroatoms. The lowest BCUT2D eigenvalue weighted by Gasteiger charge is -2.35. The van der Waals surface area contributed by atoms with Gasteiger partial charge >= 0.3 is 5.97 Å². The van der Waals surface area contributed by atoms with E-state index in [4.69, 9.17) is 4.74 Å². The summed E-state index contributed by atoms with van der Waals surface area (Å²) >= 11 is 2.71. The molecule has 0 fully saturated rings. The Hall–Kier alpha value is -2.13. The van der Waals surface area contributed by atoms with Crippen molar-refractivity contribution in [3.05, 3.63) is 35.4 Å². The Balaban J connectivity index is 1.73. The number of hydrogen-bond donors (Lipinski definition) is 1. The molecule has 0 unspecified atom stereocenters. The largest absolute Gasteiger partial charge is 0.467 e. The molecule has 0 bridgehead atoms. The number of aromatic nitrogens is 2. The second-order valence-electron chi connectivity index (χ2n) is 5.45. The van der Waals surface area contributed by atoms with Crippen molar-refractivity contribution >= 4 is 40.1 Å². The molecule has 1 aromatic carbocycles. The number of anilines is 1. The average molecular weight is 378 g/mol. The molecule has 1 N–H and O–H groups in total. The fourth-order valence-electron chi connectivity index (χ4n) is 2.71. The molecular formula is C16H18N4O3S2. The minimum absolute atomic E-state index is 0.115. The predicted octanol–water partition coefficient (Wildman–Crippen LogP) is 1.80. The van der Waals surface area contributed by atoms with E-state index >= 15 is 0 Å². The van der Waals surface area contributed by atoms with E-state index in [1.807, 2.05) is 24.3 Å². The highest BCUT2D eigenvalue weighted by Gasteiger charge is 2.35. The summed E-state index contributed by atoms with van der Waals surface area (Å²) in [5, 5.41) is 11.6. The molecule has 0 saturated carbocycles. The lowest BCUT2D eigenvalue weighted by Crippen LogP contribution is -2.49. The zero-order chi connectivity index (χ0) is 17.8. The Bertz CT molecular complexity index is 780. The van der Waals surface area contributed by atoms with Crippen LogP contribution in [0.3, 0.4) is 0 Å². The van der Waals surface area contributed by atoms with Gasteiger partial charge in [-0.25, -0.2) is 4.79 Å². The van der Waals surface area contributed by atoms with Gasteiger partial charge in [-0.05, 0) is 11.1 Å². The van der Waals surface area contributed by atoms with Crippen LogP contribution in [0, 0.1) is 0 Å². The molecule has 2 heterocycles. The Morgan fingerprint density at radius 2 is 2.12 bits per heavy atom. The van der Waals surface area contributed by atoms with E-state index in [0.717, 1.165) is 11.1 Å². The number of fused-ring (bicyclic) bond motifs is 1. The van der Waals surface area contributed by atoms with Crippen LogP contribution in [0.5, 0.6) is 0 Å². The lowest BCUT2D eigenvalue weighted by atomic mass is 9.94. The van der Waals surface area contributed by atoms with E-state index < -0.39 is 6.04 Å². The summed E-state index contributed by atoms with van der Waals surface area (Å²) in [6.45, 7) is 0.410. The molecule has 1 amide bonds. The molecule has 25 heavy (non-hydrogen) atoms. The van der Waals surface area contributed by atoms with Crippen molar-refractivity contribution in [3.63, 3.8) is 0 Å². The minimum atomic E-state index is -0.588. The first kappa shape index (κ1) is 17.7. The third-order valence-electron chi connectivity index (χ3n) is 3.98. The number of esters is 1. The van der Waals surface area contributed by atoms with Crippen molar-refractivity contribution in [2.45, 2.75) is 23.3 Å². The first-order valence-electron chi connectivity index (χ1n) is 7.70. The number of hydrogen-bond acceptors (Lipinski definition) is 8. The number of methoxy groups -OCH3 is 1. The number of carbonyl (C=O) groups is 2. The standard InChI is InChI=1S/C16H18N4O3S2/c1-17-15-18-19-16(25-15)24-9-13(21)20-8-11-6-4-3-5-10(11)7-12(20)14(22)23-2/h3-6,12H,7-9H2,1-2H3,(H,17,18)/t12-/m0/s1. The molecule has 0 aliphatic carbocycles. The maximum absolute atomic E-state index is 12.7. The number of thioether (sulfide) groups is 1. The summed E-state index contributed by atoms with van der Waals surface area (Å²) < 4.78 is 5.61. The molecule has 7 nitrogen and oxygen atoms in total. The Labute approximate surface area is 153 Å². The van der Waals surface area contributed by atoms with Crippen molar-refractivity contribution in [1.29, 1.82) is 0 Å². The lowest BCUT2D eigenvalue weighted by molar-refractivity contribution is -0.153. The van der Waals surface area contributed by atoms with Crippen LogP contribution in [0.1, 0.15) is 11.1 Å². The van der Waals surface area contributed by atoms with Crippen LogP contribution in [0.4, 0.5) is 5.13 Å². The first-order chi connectivity index (χ1) is 12.1. The van der Waals surface area contributed by atoms with Gasteiger partial charge in [0.1, 0.15) is 6.04 Å². The Morgan fingerprint density at radius 3 is 2.80 bits per heavy atom. The highest BCUT2D eigenvalue weighted by Crippen LogP contribution is 2.28. The molecule has 2 aromatic rings. The molecule has 132 valence electrons. The van der Waals surface area contributed by atoms with Gasteiger partial charge in [-0.3, -0.25) is 4.79 Å². The molecule has 1 aliphatic heterocycles. The number of nitrogens with one attached hydrogen (secondary N) is 1. The predicted molar refractivity (Wildman–Crippen MR) is 96.7 cm³/mol. The van der Waals surface area contributed by atoms with Crippen molar-refractivity contribution in [1.82, 2.24) is 15.1 Å². The number of nitrogens with zero attached hydrogens (tertiary/aromatic N) is 3. The van der Waals surface area contributed by atoms with Gasteiger partial charge in [0.2, 0.25) is 11.0 Å². The topological polar surface area (TPSA) is 84.4 Å². The average Bonchev–Trinajstić information content (AvgIpc) is 3.12. The van der Waals surface area contributed by atoms with Gasteiger partial charge in [-0.2, -0.15) is 0 Å². The van der Waals surface area contributed by atoms with Gasteiger partial charge < -0.3 is 15.0 Å². The maximum Gasteiger partial charge on any atom is 0.328 e. The highest BCUT2D eigenvalue weighted by molar-refractivity contribution is 8.01. The van der Waals surface area contributed by atoms with Gasteiger partial charge in [0, 0.05) is 20.0 Å². The fraction of sp³-hybridized carbons (Fsp3) is 0.375. The van der Waals surface area contributed by atoms with Crippen LogP contribution < -0.4 is 5.32 Å². The monoisotopic (exact) mass is 378 g/mol. The summed E-state index contributed by atoms with van der Waals surface area (Å²) in [5.74, 6) is -0.300. The Kier molecular flexibility index (Phi) is 5.54. The van der Waals surface area contributed by atoms with E-state index in [-0.39, 0.29) is 17.6 Å². The second-order valence-corrected chi connectivity index (χ2v) is 7.65. The van der Waals surface area contributed by atoms with E-state index in [1.54, 1.807) is 11.9 Å². The molecule has 1 aromatic heterocycles. The van der Waals surface area contributed by atoms with Gasteiger partial charge in [0.25, 0.3) is 0 Å². The second kappa shape index (κ2) is 7.83. The number of amides is 1. The van der Waals surface area contributed by atoms with Crippen molar-refractivity contribution in [2.24, 2.45) is 0 Å². The summed E-state index contributed by atoms with van der Waals surface area (Å²) in [4.78, 5) is 26.5. The summed E-state index contributed by atoms with van der Waals surface area (Å²) in [6, 6.07) is 7.27. The molecule has 0 radical (unpaired) electrons. The molecule has 1 aliphatic rings. The van der Waals surface area contributed by atoms with Crippen molar-refractivity contribution in [2.75, 3.05) is 25.2 Å². The van der Waals surface area contributed by atoms with Crippen LogP contribution in [0.25, 0.3) is 0 Å². The highest BCUT2D eigenvalue weighted by atomic mass is 32.2. The molecule has 0 spiro atoms. The van der Waals surface area contributed by atoms with Crippen LogP contribution in [0.2, 0.25) is 0 Å². The van der Waals surface area contributed by atoms with Crippen LogP contribution in [-0.4, -0.2) is 52.9 Å². The third-order valence-corrected chi connectivity index (χ3v) is 6.04. The third kappa shape index (κ3) is 3.93. The van der Waals surface area contributed by atoms with Gasteiger partial charge in [0.15, 0.2) is 4.34 Å². The molecule has 3 rings (SSSR count). The summed E-state index contributed by atoms with van der Waals surface area (Å²) in [5.41, 5.74) is 2.15. The first-order valence-corrected chi connectivity index (χ1v) is 9.50. The van der Waals surface area contributed by atoms with Crippen LogP contribution in [-0.2, 0) is 27.3 Å². The van der Waals surface area contributed by atoms with E-state index in [0.29, 0.717) is 22.4 Å². The van der Waals surface area contributed by atoms with E-state index in [2.05, 4.69) is 15.5 Å². The normalized spacial score (nSPS) is 16.2. The van der Waals surface area contributed by atoms with Crippen molar-refractivity contribution < 1.29 is 14.3 Å². The zero-order valence-corrected chi connectivity index (χ0v) is 15.5. The quantitative estimate of drug-likeness (QED) is 0.627. The van der Waals surface area contributed by atoms with Gasteiger partial charge in [-0.1, -0.05) is 47.4 Å². The molecular weight excluding hydrogens is 360 g/mol. The fourth-order valence-corrected chi connectivity index (χ4v) is 4.30. The van der Waals surface area contributed by atoms with Crippen molar-refractivity contribution in [3.8, 4) is 0 Å². The summed E-state index contributed by atoms with van der Waals surface area (Å²) in [6.07, 6.45) is 0.474. The number of carbonyl (C=O) groups excluding carboxylic acids is 2. The SMILES string of the molecule is CNc1nnc(SCC(=O)N2Cc3ccccc3C[C@H]2C(=O)OC)s1. The van der Waals surface area contributed by atoms with E-state index in [9.17, 15) is 9.59 Å². The number of rotatable bonds is 5. The molecule has 1 atom stereocenters. The van der Waals surface area contributed by atoms with Gasteiger partial charge in [-0.15, -0.1) is 10.2 Å². The number of ether oxygens (including phenoxy) is 1. The maximum atomic E-state index is 12.7. The zero-order valence-electron chi connectivity index (χ0n) is 13.9. The van der Waals surface area contributed by atoms with Crippen LogP contribution >= 0.6 is 23.1 Å². The smallest absolute Gasteiger partial charge is 0.328 e. The van der Waals surface area contributed by atoms with E-state index in [1.165, 1.54) is 30.2 Å². The minimum Gasteiger partial charge on any atom is -0.467 e. The van der Waals surface area contributed by atoms with Crippen LogP contribution in [0.15, 0.2) is 28.6 Å².